The van der Waals surface area contributed by atoms with Crippen LogP contribution in [-0.4, -0.2) is 24.8 Å². The molecule has 0 amide bonds. The van der Waals surface area contributed by atoms with Crippen molar-refractivity contribution in [2.75, 3.05) is 0 Å². The summed E-state index contributed by atoms with van der Waals surface area (Å²) in [7, 11) is 1.95. The number of nitrogens with one attached hydrogen (secondary N) is 1. The average molecular weight is 282 g/mol. The lowest BCUT2D eigenvalue weighted by Crippen LogP contribution is -2.14. The molecule has 108 valence electrons. The van der Waals surface area contributed by atoms with Gasteiger partial charge in [0.25, 0.3) is 0 Å². The number of nitrogens with zero attached hydrogens (tertiary/aromatic N) is 5. The molecule has 0 bridgehead atoms. The van der Waals surface area contributed by atoms with Gasteiger partial charge in [-0.15, -0.1) is 0 Å². The first-order valence-corrected chi connectivity index (χ1v) is 6.89. The second-order valence-corrected chi connectivity index (χ2v) is 4.94. The second-order valence-electron chi connectivity index (χ2n) is 4.94. The van der Waals surface area contributed by atoms with Gasteiger partial charge >= 0.3 is 0 Å². The van der Waals surface area contributed by atoms with E-state index >= 15 is 0 Å². The Morgan fingerprint density at radius 2 is 1.86 bits per heavy atom. The quantitative estimate of drug-likeness (QED) is 0.772. The third-order valence-electron chi connectivity index (χ3n) is 3.48. The zero-order valence-electron chi connectivity index (χ0n) is 12.2. The molecule has 0 atom stereocenters. The molecule has 6 heteroatoms. The van der Waals surface area contributed by atoms with E-state index in [2.05, 4.69) is 27.5 Å². The summed E-state index contributed by atoms with van der Waals surface area (Å²) < 4.78 is 1.88. The molecular weight excluding hydrogens is 264 g/mol. The highest BCUT2D eigenvalue weighted by molar-refractivity contribution is 5.28. The normalized spacial score (nSPS) is 11.0. The molecule has 0 radical (unpaired) electrons. The van der Waals surface area contributed by atoms with Gasteiger partial charge in [0.2, 0.25) is 0 Å². The molecule has 0 fully saturated rings. The van der Waals surface area contributed by atoms with E-state index in [4.69, 9.17) is 0 Å². The van der Waals surface area contributed by atoms with Gasteiger partial charge in [0.15, 0.2) is 0 Å². The predicted octanol–water partition coefficient (Wildman–Crippen LogP) is 1.60. The van der Waals surface area contributed by atoms with Gasteiger partial charge in [-0.1, -0.05) is 18.2 Å². The molecule has 0 aliphatic heterocycles. The number of aromatic nitrogens is 5. The maximum atomic E-state index is 4.46. The van der Waals surface area contributed by atoms with Crippen molar-refractivity contribution in [3.63, 3.8) is 0 Å². The predicted molar refractivity (Wildman–Crippen MR) is 79.8 cm³/mol. The van der Waals surface area contributed by atoms with Gasteiger partial charge < -0.3 is 5.32 Å². The number of aryl methyl sites for hydroxylation is 1. The summed E-state index contributed by atoms with van der Waals surface area (Å²) in [5.74, 6) is 0. The van der Waals surface area contributed by atoms with Crippen molar-refractivity contribution in [3.8, 4) is 5.69 Å². The maximum absolute atomic E-state index is 4.46. The first-order chi connectivity index (χ1) is 10.2. The Labute approximate surface area is 123 Å². The molecular formula is C15H18N6. The summed E-state index contributed by atoms with van der Waals surface area (Å²) in [6.45, 7) is 3.52. The first-order valence-electron chi connectivity index (χ1n) is 6.89. The minimum Gasteiger partial charge on any atom is -0.307 e. The number of hydrogen-bond donors (Lipinski definition) is 1. The summed E-state index contributed by atoms with van der Waals surface area (Å²) in [5, 5.41) is 16.3. The van der Waals surface area contributed by atoms with Gasteiger partial charge in [-0.3, -0.25) is 4.68 Å². The number of para-hydroxylation sites is 1. The molecule has 2 heterocycles. The minimum atomic E-state index is 0.682. The third-order valence-corrected chi connectivity index (χ3v) is 3.48. The van der Waals surface area contributed by atoms with Crippen LogP contribution in [0.25, 0.3) is 5.69 Å². The Bertz CT molecular complexity index is 713. The van der Waals surface area contributed by atoms with Gasteiger partial charge in [-0.2, -0.15) is 20.1 Å². The Hall–Kier alpha value is -2.47. The molecule has 0 aliphatic carbocycles. The molecule has 3 rings (SSSR count). The van der Waals surface area contributed by atoms with E-state index < -0.39 is 0 Å². The largest absolute Gasteiger partial charge is 0.307 e. The number of rotatable bonds is 5. The van der Waals surface area contributed by atoms with Crippen molar-refractivity contribution in [1.82, 2.24) is 30.1 Å². The fourth-order valence-corrected chi connectivity index (χ4v) is 2.10. The minimum absolute atomic E-state index is 0.682. The summed E-state index contributed by atoms with van der Waals surface area (Å²) in [6, 6.07) is 9.89. The lowest BCUT2D eigenvalue weighted by Gasteiger charge is -2.02. The van der Waals surface area contributed by atoms with Crippen LogP contribution < -0.4 is 5.32 Å². The van der Waals surface area contributed by atoms with Crippen molar-refractivity contribution in [1.29, 1.82) is 0 Å². The fourth-order valence-electron chi connectivity index (χ4n) is 2.10. The molecule has 3 aromatic rings. The molecule has 21 heavy (non-hydrogen) atoms. The van der Waals surface area contributed by atoms with Crippen molar-refractivity contribution < 1.29 is 0 Å². The van der Waals surface area contributed by atoms with Crippen molar-refractivity contribution in [2.45, 2.75) is 20.0 Å². The third kappa shape index (κ3) is 3.00. The molecule has 0 spiro atoms. The molecule has 0 aliphatic rings. The zero-order chi connectivity index (χ0) is 14.7. The average Bonchev–Trinajstić information content (AvgIpc) is 3.10. The lowest BCUT2D eigenvalue weighted by molar-refractivity contribution is 0.658. The van der Waals surface area contributed by atoms with Gasteiger partial charge in [0.05, 0.1) is 23.8 Å². The topological polar surface area (TPSA) is 60.6 Å². The number of hydrogen-bond acceptors (Lipinski definition) is 4. The van der Waals surface area contributed by atoms with Crippen molar-refractivity contribution >= 4 is 0 Å². The van der Waals surface area contributed by atoms with E-state index in [9.17, 15) is 0 Å². The molecule has 2 aromatic heterocycles. The van der Waals surface area contributed by atoms with Crippen molar-refractivity contribution in [2.24, 2.45) is 7.05 Å². The van der Waals surface area contributed by atoms with Crippen molar-refractivity contribution in [3.05, 3.63) is 59.7 Å². The van der Waals surface area contributed by atoms with E-state index in [1.807, 2.05) is 48.3 Å². The highest BCUT2D eigenvalue weighted by Crippen LogP contribution is 2.06. The van der Waals surface area contributed by atoms with E-state index in [1.54, 1.807) is 11.0 Å². The monoisotopic (exact) mass is 282 g/mol. The highest BCUT2D eigenvalue weighted by atomic mass is 15.5. The van der Waals surface area contributed by atoms with Crippen LogP contribution in [0.3, 0.4) is 0 Å². The van der Waals surface area contributed by atoms with E-state index in [0.717, 1.165) is 17.9 Å². The molecule has 1 N–H and O–H groups in total. The summed E-state index contributed by atoms with van der Waals surface area (Å²) >= 11 is 0. The van der Waals surface area contributed by atoms with E-state index in [0.29, 0.717) is 6.54 Å². The fraction of sp³-hybridized carbons (Fsp3) is 0.267. The Kier molecular flexibility index (Phi) is 3.79. The van der Waals surface area contributed by atoms with Gasteiger partial charge in [-0.25, -0.2) is 0 Å². The molecule has 1 aromatic carbocycles. The Morgan fingerprint density at radius 1 is 1.05 bits per heavy atom. The first kappa shape index (κ1) is 13.5. The van der Waals surface area contributed by atoms with Crippen LogP contribution >= 0.6 is 0 Å². The van der Waals surface area contributed by atoms with Gasteiger partial charge in [0, 0.05) is 31.4 Å². The van der Waals surface area contributed by atoms with Crippen LogP contribution in [0.2, 0.25) is 0 Å². The molecule has 0 unspecified atom stereocenters. The summed E-state index contributed by atoms with van der Waals surface area (Å²) in [4.78, 5) is 1.65. The van der Waals surface area contributed by atoms with Crippen LogP contribution in [-0.2, 0) is 20.1 Å². The Morgan fingerprint density at radius 3 is 2.57 bits per heavy atom. The Balaban J connectivity index is 1.59. The molecule has 6 nitrogen and oxygen atoms in total. The summed E-state index contributed by atoms with van der Waals surface area (Å²) in [6.07, 6.45) is 3.68. The van der Waals surface area contributed by atoms with E-state index in [-0.39, 0.29) is 0 Å². The van der Waals surface area contributed by atoms with Crippen LogP contribution in [0, 0.1) is 6.92 Å². The zero-order valence-corrected chi connectivity index (χ0v) is 12.2. The second kappa shape index (κ2) is 5.88. The van der Waals surface area contributed by atoms with Crippen LogP contribution in [0.15, 0.2) is 42.7 Å². The smallest absolute Gasteiger partial charge is 0.0969 e. The number of benzene rings is 1. The molecule has 0 saturated heterocycles. The highest BCUT2D eigenvalue weighted by Gasteiger charge is 2.05. The molecule has 0 saturated carbocycles. The van der Waals surface area contributed by atoms with Crippen LogP contribution in [0.5, 0.6) is 0 Å². The van der Waals surface area contributed by atoms with E-state index in [1.165, 1.54) is 11.3 Å². The lowest BCUT2D eigenvalue weighted by atomic mass is 10.2. The van der Waals surface area contributed by atoms with Gasteiger partial charge in [0.1, 0.15) is 0 Å². The summed E-state index contributed by atoms with van der Waals surface area (Å²) in [5.41, 5.74) is 4.26. The van der Waals surface area contributed by atoms with Gasteiger partial charge in [-0.05, 0) is 19.1 Å². The standard InChI is InChI=1S/C15H18N6/c1-12-13(9-17-20(12)2)8-16-10-14-11-18-21(19-14)15-6-4-3-5-7-15/h3-7,9,11,16H,8,10H2,1-2H3. The SMILES string of the molecule is Cc1c(CNCc2cnn(-c3ccccc3)n2)cnn1C. The maximum Gasteiger partial charge on any atom is 0.0969 e. The van der Waals surface area contributed by atoms with Crippen LogP contribution in [0.4, 0.5) is 0 Å². The van der Waals surface area contributed by atoms with Crippen LogP contribution in [0.1, 0.15) is 17.0 Å².